The molecule has 0 saturated carbocycles. The normalized spacial score (nSPS) is 15.2. The van der Waals surface area contributed by atoms with E-state index in [0.29, 0.717) is 13.0 Å². The van der Waals surface area contributed by atoms with Crippen LogP contribution in [-0.4, -0.2) is 45.3 Å². The first kappa shape index (κ1) is 14.0. The van der Waals surface area contributed by atoms with Crippen LogP contribution in [-0.2, 0) is 22.6 Å². The highest BCUT2D eigenvalue weighted by Crippen LogP contribution is 2.10. The Morgan fingerprint density at radius 3 is 3.11 bits per heavy atom. The van der Waals surface area contributed by atoms with E-state index < -0.39 is 0 Å². The Balaban J connectivity index is 1.56. The molecule has 2 rings (SSSR count). The number of carbonyl (C=O) groups excluding carboxylic acids is 1. The number of aromatic nitrogens is 3. The van der Waals surface area contributed by atoms with Gasteiger partial charge in [-0.15, -0.1) is 10.2 Å². The molecule has 0 aliphatic carbocycles. The van der Waals surface area contributed by atoms with E-state index in [1.807, 2.05) is 6.92 Å². The van der Waals surface area contributed by atoms with Crippen LogP contribution in [0.4, 0.5) is 0 Å². The topological polar surface area (TPSA) is 60.2 Å². The lowest BCUT2D eigenvalue weighted by molar-refractivity contribution is -0.143. The van der Waals surface area contributed by atoms with Crippen LogP contribution in [0.5, 0.6) is 0 Å². The quantitative estimate of drug-likeness (QED) is 0.548. The zero-order valence-corrected chi connectivity index (χ0v) is 11.5. The number of unbranched alkanes of at least 4 members (excludes halogenated alkanes) is 2. The van der Waals surface area contributed by atoms with E-state index in [-0.39, 0.29) is 5.97 Å². The molecular formula is C13H22N4O2. The fourth-order valence-corrected chi connectivity index (χ4v) is 2.32. The maximum absolute atomic E-state index is 11.2. The Bertz CT molecular complexity index is 405. The van der Waals surface area contributed by atoms with Crippen molar-refractivity contribution in [2.45, 2.75) is 45.7 Å². The molecule has 19 heavy (non-hydrogen) atoms. The highest BCUT2D eigenvalue weighted by molar-refractivity contribution is 5.69. The molecule has 0 fully saturated rings. The summed E-state index contributed by atoms with van der Waals surface area (Å²) in [6, 6.07) is 0. The number of fused-ring (bicyclic) bond motifs is 1. The molecule has 0 radical (unpaired) electrons. The molecule has 2 heterocycles. The summed E-state index contributed by atoms with van der Waals surface area (Å²) in [5.74, 6) is 0.978. The second kappa shape index (κ2) is 7.23. The largest absolute Gasteiger partial charge is 0.466 e. The van der Waals surface area contributed by atoms with Crippen LogP contribution in [0.1, 0.15) is 38.4 Å². The highest BCUT2D eigenvalue weighted by Gasteiger charge is 2.16. The second-order valence-corrected chi connectivity index (χ2v) is 4.83. The summed E-state index contributed by atoms with van der Waals surface area (Å²) in [6.45, 7) is 6.31. The van der Waals surface area contributed by atoms with Crippen molar-refractivity contribution in [3.05, 3.63) is 12.2 Å². The molecule has 1 aliphatic rings. The summed E-state index contributed by atoms with van der Waals surface area (Å²) in [7, 11) is 0. The van der Waals surface area contributed by atoms with Gasteiger partial charge in [-0.3, -0.25) is 9.69 Å². The number of esters is 1. The number of hydrogen-bond acceptors (Lipinski definition) is 5. The predicted molar refractivity (Wildman–Crippen MR) is 70.4 cm³/mol. The molecule has 0 amide bonds. The third-order valence-corrected chi connectivity index (χ3v) is 3.38. The molecule has 6 nitrogen and oxygen atoms in total. The molecule has 0 spiro atoms. The summed E-state index contributed by atoms with van der Waals surface area (Å²) >= 11 is 0. The standard InChI is InChI=1S/C13H22N4O2/c1-2-19-13(18)6-4-3-5-7-16-8-9-17-11-14-15-12(17)10-16/h11H,2-10H2,1H3. The van der Waals surface area contributed by atoms with Gasteiger partial charge in [-0.1, -0.05) is 6.42 Å². The molecule has 6 heteroatoms. The van der Waals surface area contributed by atoms with Gasteiger partial charge in [-0.05, 0) is 26.3 Å². The van der Waals surface area contributed by atoms with E-state index in [0.717, 1.165) is 51.3 Å². The van der Waals surface area contributed by atoms with E-state index in [4.69, 9.17) is 4.74 Å². The first-order valence-electron chi connectivity index (χ1n) is 7.04. The molecule has 0 saturated heterocycles. The van der Waals surface area contributed by atoms with E-state index in [1.165, 1.54) is 0 Å². The first-order chi connectivity index (χ1) is 9.29. The summed E-state index contributed by atoms with van der Waals surface area (Å²) in [5.41, 5.74) is 0. The van der Waals surface area contributed by atoms with Crippen LogP contribution >= 0.6 is 0 Å². The van der Waals surface area contributed by atoms with Crippen LogP contribution in [0.15, 0.2) is 6.33 Å². The van der Waals surface area contributed by atoms with Gasteiger partial charge in [0.15, 0.2) is 0 Å². The van der Waals surface area contributed by atoms with E-state index in [1.54, 1.807) is 6.33 Å². The minimum Gasteiger partial charge on any atom is -0.466 e. The van der Waals surface area contributed by atoms with Crippen molar-refractivity contribution in [3.63, 3.8) is 0 Å². The lowest BCUT2D eigenvalue weighted by atomic mass is 10.2. The van der Waals surface area contributed by atoms with E-state index in [9.17, 15) is 4.79 Å². The van der Waals surface area contributed by atoms with Gasteiger partial charge in [0, 0.05) is 19.5 Å². The average molecular weight is 266 g/mol. The molecule has 1 aromatic rings. The van der Waals surface area contributed by atoms with Crippen LogP contribution in [0.3, 0.4) is 0 Å². The minimum absolute atomic E-state index is 0.0754. The molecule has 0 aromatic carbocycles. The molecule has 1 aromatic heterocycles. The van der Waals surface area contributed by atoms with Crippen LogP contribution in [0, 0.1) is 0 Å². The predicted octanol–water partition coefficient (Wildman–Crippen LogP) is 1.22. The Kier molecular flexibility index (Phi) is 5.32. The van der Waals surface area contributed by atoms with Crippen molar-refractivity contribution in [2.75, 3.05) is 19.7 Å². The number of carbonyl (C=O) groups is 1. The SMILES string of the molecule is CCOC(=O)CCCCCN1CCn2cnnc2C1. The fourth-order valence-electron chi connectivity index (χ4n) is 2.32. The van der Waals surface area contributed by atoms with Crippen LogP contribution in [0.25, 0.3) is 0 Å². The minimum atomic E-state index is -0.0754. The smallest absolute Gasteiger partial charge is 0.305 e. The molecule has 0 unspecified atom stereocenters. The van der Waals surface area contributed by atoms with Crippen molar-refractivity contribution in [2.24, 2.45) is 0 Å². The van der Waals surface area contributed by atoms with Crippen molar-refractivity contribution in [1.82, 2.24) is 19.7 Å². The lowest BCUT2D eigenvalue weighted by Crippen LogP contribution is -2.34. The summed E-state index contributed by atoms with van der Waals surface area (Å²) in [4.78, 5) is 13.6. The zero-order chi connectivity index (χ0) is 13.5. The third kappa shape index (κ3) is 4.31. The van der Waals surface area contributed by atoms with Crippen molar-refractivity contribution >= 4 is 5.97 Å². The zero-order valence-electron chi connectivity index (χ0n) is 11.5. The molecular weight excluding hydrogens is 244 g/mol. The molecule has 0 atom stereocenters. The van der Waals surface area contributed by atoms with Crippen molar-refractivity contribution < 1.29 is 9.53 Å². The maximum atomic E-state index is 11.2. The van der Waals surface area contributed by atoms with Crippen LogP contribution < -0.4 is 0 Å². The van der Waals surface area contributed by atoms with Gasteiger partial charge in [0.2, 0.25) is 0 Å². The van der Waals surface area contributed by atoms with Gasteiger partial charge in [0.1, 0.15) is 12.2 Å². The maximum Gasteiger partial charge on any atom is 0.305 e. The van der Waals surface area contributed by atoms with E-state index in [2.05, 4.69) is 19.7 Å². The van der Waals surface area contributed by atoms with E-state index >= 15 is 0 Å². The Hall–Kier alpha value is -1.43. The van der Waals surface area contributed by atoms with Gasteiger partial charge in [-0.25, -0.2) is 0 Å². The fraction of sp³-hybridized carbons (Fsp3) is 0.769. The molecule has 0 bridgehead atoms. The summed E-state index contributed by atoms with van der Waals surface area (Å²) in [5, 5.41) is 8.02. The van der Waals surface area contributed by atoms with Crippen molar-refractivity contribution in [1.29, 1.82) is 0 Å². The molecule has 1 aliphatic heterocycles. The van der Waals surface area contributed by atoms with Gasteiger partial charge in [-0.2, -0.15) is 0 Å². The van der Waals surface area contributed by atoms with Gasteiger partial charge in [0.25, 0.3) is 0 Å². The molecule has 0 N–H and O–H groups in total. The number of ether oxygens (including phenoxy) is 1. The monoisotopic (exact) mass is 266 g/mol. The van der Waals surface area contributed by atoms with Gasteiger partial charge < -0.3 is 9.30 Å². The third-order valence-electron chi connectivity index (χ3n) is 3.38. The molecule has 106 valence electrons. The summed E-state index contributed by atoms with van der Waals surface area (Å²) in [6.07, 6.45) is 5.45. The van der Waals surface area contributed by atoms with Gasteiger partial charge in [0.05, 0.1) is 13.2 Å². The second-order valence-electron chi connectivity index (χ2n) is 4.83. The average Bonchev–Trinajstić information content (AvgIpc) is 2.86. The number of nitrogens with zero attached hydrogens (tertiary/aromatic N) is 4. The Morgan fingerprint density at radius 2 is 2.26 bits per heavy atom. The van der Waals surface area contributed by atoms with Crippen molar-refractivity contribution in [3.8, 4) is 0 Å². The Labute approximate surface area is 113 Å². The van der Waals surface area contributed by atoms with Gasteiger partial charge >= 0.3 is 5.97 Å². The lowest BCUT2D eigenvalue weighted by Gasteiger charge is -2.26. The summed E-state index contributed by atoms with van der Waals surface area (Å²) < 4.78 is 7.01. The highest BCUT2D eigenvalue weighted by atomic mass is 16.5. The first-order valence-corrected chi connectivity index (χ1v) is 7.04. The number of rotatable bonds is 7. The number of hydrogen-bond donors (Lipinski definition) is 0. The Morgan fingerprint density at radius 1 is 1.37 bits per heavy atom. The van der Waals surface area contributed by atoms with Crippen LogP contribution in [0.2, 0.25) is 0 Å².